The van der Waals surface area contributed by atoms with Crippen LogP contribution in [0, 0.1) is 0 Å². The monoisotopic (exact) mass is 636 g/mol. The van der Waals surface area contributed by atoms with Gasteiger partial charge in [0.25, 0.3) is 0 Å². The Morgan fingerprint density at radius 2 is 0.760 bits per heavy atom. The fraction of sp³-hybridized carbons (Fsp3) is 0.0800. The molecule has 0 aromatic heterocycles. The van der Waals surface area contributed by atoms with Crippen molar-refractivity contribution in [3.63, 3.8) is 0 Å². The molecule has 0 aliphatic heterocycles. The molecule has 0 fully saturated rings. The topological polar surface area (TPSA) is 0 Å². The molecule has 8 aromatic carbocycles. The predicted molar refractivity (Wildman–Crippen MR) is 215 cm³/mol. The summed E-state index contributed by atoms with van der Waals surface area (Å²) in [6.07, 6.45) is 14.0. The summed E-state index contributed by atoms with van der Waals surface area (Å²) in [6, 6.07) is 54.0. The third-order valence-electron chi connectivity index (χ3n) is 11.0. The molecule has 0 radical (unpaired) electrons. The molecule has 0 unspecified atom stereocenters. The van der Waals surface area contributed by atoms with E-state index in [0.29, 0.717) is 0 Å². The Morgan fingerprint density at radius 1 is 0.320 bits per heavy atom. The SMILES string of the molecule is C1=Cc2c(c3c(c4cc(-c5ccccc5-c5ccc(-c6c7ccccc7c(-c7ccccc7)c7ccccc67)cc5)ccc24)C=CCC3)CC1. The number of hydrogen-bond acceptors (Lipinski definition) is 0. The van der Waals surface area contributed by atoms with Crippen molar-refractivity contribution in [2.75, 3.05) is 0 Å². The molecule has 2 aliphatic carbocycles. The van der Waals surface area contributed by atoms with Crippen molar-refractivity contribution >= 4 is 44.5 Å². The molecule has 236 valence electrons. The van der Waals surface area contributed by atoms with Crippen LogP contribution in [0.3, 0.4) is 0 Å². The van der Waals surface area contributed by atoms with Gasteiger partial charge < -0.3 is 0 Å². The maximum absolute atomic E-state index is 2.45. The Hall–Kier alpha value is -5.98. The summed E-state index contributed by atoms with van der Waals surface area (Å²) >= 11 is 0. The van der Waals surface area contributed by atoms with Crippen LogP contribution in [0.25, 0.3) is 89.0 Å². The van der Waals surface area contributed by atoms with Gasteiger partial charge in [0.15, 0.2) is 0 Å². The van der Waals surface area contributed by atoms with E-state index in [2.05, 4.69) is 170 Å². The first-order chi connectivity index (χ1) is 24.8. The van der Waals surface area contributed by atoms with Gasteiger partial charge in [-0.05, 0) is 131 Å². The zero-order valence-corrected chi connectivity index (χ0v) is 28.0. The van der Waals surface area contributed by atoms with Gasteiger partial charge in [-0.15, -0.1) is 0 Å². The van der Waals surface area contributed by atoms with E-state index in [4.69, 9.17) is 0 Å². The lowest BCUT2D eigenvalue weighted by Gasteiger charge is -2.24. The van der Waals surface area contributed by atoms with Crippen LogP contribution in [0.4, 0.5) is 0 Å². The summed E-state index contributed by atoms with van der Waals surface area (Å²) in [6.45, 7) is 0. The van der Waals surface area contributed by atoms with Crippen LogP contribution in [0.2, 0.25) is 0 Å². The van der Waals surface area contributed by atoms with E-state index in [1.807, 2.05) is 0 Å². The van der Waals surface area contributed by atoms with Crippen molar-refractivity contribution in [1.29, 1.82) is 0 Å². The van der Waals surface area contributed by atoms with Crippen molar-refractivity contribution in [1.82, 2.24) is 0 Å². The van der Waals surface area contributed by atoms with Gasteiger partial charge in [-0.1, -0.05) is 164 Å². The summed E-state index contributed by atoms with van der Waals surface area (Å²) in [5.41, 5.74) is 16.1. The van der Waals surface area contributed by atoms with E-state index >= 15 is 0 Å². The molecule has 0 spiro atoms. The Morgan fingerprint density at radius 3 is 1.34 bits per heavy atom. The lowest BCUT2D eigenvalue weighted by atomic mass is 9.80. The second-order valence-corrected chi connectivity index (χ2v) is 13.8. The van der Waals surface area contributed by atoms with Crippen LogP contribution >= 0.6 is 0 Å². The molecule has 2 aliphatic rings. The highest BCUT2D eigenvalue weighted by atomic mass is 14.2. The third-order valence-corrected chi connectivity index (χ3v) is 11.0. The van der Waals surface area contributed by atoms with Crippen molar-refractivity contribution in [2.45, 2.75) is 25.7 Å². The Bertz CT molecular complexity index is 2610. The van der Waals surface area contributed by atoms with E-state index in [1.165, 1.54) is 88.0 Å². The average molecular weight is 637 g/mol. The zero-order valence-electron chi connectivity index (χ0n) is 28.0. The fourth-order valence-electron chi connectivity index (χ4n) is 8.79. The summed E-state index contributed by atoms with van der Waals surface area (Å²) in [5, 5.41) is 7.89. The Labute approximate surface area is 293 Å². The predicted octanol–water partition coefficient (Wildman–Crippen LogP) is 13.7. The van der Waals surface area contributed by atoms with Gasteiger partial charge in [0.05, 0.1) is 0 Å². The Kier molecular flexibility index (Phi) is 6.88. The van der Waals surface area contributed by atoms with E-state index in [0.717, 1.165) is 25.7 Å². The number of benzene rings is 8. The lowest BCUT2D eigenvalue weighted by Crippen LogP contribution is -2.07. The van der Waals surface area contributed by atoms with Crippen LogP contribution in [0.15, 0.2) is 158 Å². The highest BCUT2D eigenvalue weighted by molar-refractivity contribution is 6.21. The summed E-state index contributed by atoms with van der Waals surface area (Å²) in [4.78, 5) is 0. The number of hydrogen-bond donors (Lipinski definition) is 0. The molecule has 50 heavy (non-hydrogen) atoms. The summed E-state index contributed by atoms with van der Waals surface area (Å²) < 4.78 is 0. The normalized spacial score (nSPS) is 13.5. The zero-order chi connectivity index (χ0) is 33.0. The molecule has 0 saturated heterocycles. The van der Waals surface area contributed by atoms with Crippen molar-refractivity contribution < 1.29 is 0 Å². The van der Waals surface area contributed by atoms with Gasteiger partial charge in [-0.2, -0.15) is 0 Å². The molecule has 0 N–H and O–H groups in total. The highest BCUT2D eigenvalue weighted by Gasteiger charge is 2.21. The average Bonchev–Trinajstić information content (AvgIpc) is 3.20. The van der Waals surface area contributed by atoms with E-state index in [1.54, 1.807) is 11.1 Å². The summed E-state index contributed by atoms with van der Waals surface area (Å²) in [5.74, 6) is 0. The third kappa shape index (κ3) is 4.60. The van der Waals surface area contributed by atoms with Gasteiger partial charge in [-0.25, -0.2) is 0 Å². The molecule has 0 saturated carbocycles. The first kappa shape index (κ1) is 29.0. The minimum absolute atomic E-state index is 1.13. The number of rotatable bonds is 4. The number of fused-ring (bicyclic) bond motifs is 8. The van der Waals surface area contributed by atoms with E-state index in [-0.39, 0.29) is 0 Å². The molecule has 0 heteroatoms. The second-order valence-electron chi connectivity index (χ2n) is 13.8. The van der Waals surface area contributed by atoms with Gasteiger partial charge in [-0.3, -0.25) is 0 Å². The lowest BCUT2D eigenvalue weighted by molar-refractivity contribution is 0.911. The quantitative estimate of drug-likeness (QED) is 0.169. The molecule has 10 rings (SSSR count). The van der Waals surface area contributed by atoms with Gasteiger partial charge in [0.1, 0.15) is 0 Å². The molecule has 0 heterocycles. The summed E-state index contributed by atoms with van der Waals surface area (Å²) in [7, 11) is 0. The molecule has 0 bridgehead atoms. The molecular weight excluding hydrogens is 601 g/mol. The van der Waals surface area contributed by atoms with Gasteiger partial charge in [0, 0.05) is 0 Å². The van der Waals surface area contributed by atoms with Crippen LogP contribution < -0.4 is 0 Å². The first-order valence-corrected chi connectivity index (χ1v) is 18.0. The highest BCUT2D eigenvalue weighted by Crippen LogP contribution is 2.45. The van der Waals surface area contributed by atoms with Crippen LogP contribution in [0.5, 0.6) is 0 Å². The van der Waals surface area contributed by atoms with Gasteiger partial charge in [0.2, 0.25) is 0 Å². The minimum atomic E-state index is 1.13. The molecule has 0 amide bonds. The number of allylic oxidation sites excluding steroid dienone is 2. The van der Waals surface area contributed by atoms with Gasteiger partial charge >= 0.3 is 0 Å². The van der Waals surface area contributed by atoms with Crippen molar-refractivity contribution in [3.8, 4) is 44.5 Å². The maximum atomic E-state index is 2.45. The molecular formula is C50H36. The van der Waals surface area contributed by atoms with Crippen molar-refractivity contribution in [3.05, 3.63) is 180 Å². The minimum Gasteiger partial charge on any atom is -0.0836 e. The maximum Gasteiger partial charge on any atom is -0.00264 e. The Balaban J connectivity index is 1.11. The van der Waals surface area contributed by atoms with Crippen molar-refractivity contribution in [2.24, 2.45) is 0 Å². The largest absolute Gasteiger partial charge is 0.0836 e. The second kappa shape index (κ2) is 11.9. The van der Waals surface area contributed by atoms with Crippen LogP contribution in [-0.2, 0) is 12.8 Å². The first-order valence-electron chi connectivity index (χ1n) is 18.0. The van der Waals surface area contributed by atoms with E-state index in [9.17, 15) is 0 Å². The molecule has 0 atom stereocenters. The fourth-order valence-corrected chi connectivity index (χ4v) is 8.79. The van der Waals surface area contributed by atoms with Crippen LogP contribution in [-0.4, -0.2) is 0 Å². The van der Waals surface area contributed by atoms with Crippen LogP contribution in [0.1, 0.15) is 35.1 Å². The smallest absolute Gasteiger partial charge is 0.00264 e. The molecule has 0 nitrogen and oxygen atoms in total. The standard InChI is InChI=1S/C50H36/c1-2-14-34(15-3-1)49-44-22-10-12-24-46(44)50(47-25-13-11-23-45(47)49)35-28-26-33(27-29-35)37-16-4-5-17-38(37)36-30-31-43-41-20-7-6-18-39(41)40-19-8-9-21-42(40)48(43)32-36/h1-5,7,9-17,20-32H,6,8,18-19H2. The molecule has 8 aromatic rings. The van der Waals surface area contributed by atoms with E-state index < -0.39 is 0 Å².